The minimum Gasteiger partial charge on any atom is -0.310 e. The quantitative estimate of drug-likeness (QED) is 0.170. The molecule has 280 valence electrons. The van der Waals surface area contributed by atoms with Gasteiger partial charge in [0, 0.05) is 27.9 Å². The monoisotopic (exact) mass is 737 g/mol. The fraction of sp³-hybridized carbons (Fsp3) is 0.286. The lowest BCUT2D eigenvalue weighted by molar-refractivity contribution is 0.0557. The third-order valence-corrected chi connectivity index (χ3v) is 15.7. The highest BCUT2D eigenvalue weighted by atomic mass is 15.1. The van der Waals surface area contributed by atoms with Gasteiger partial charge in [0.15, 0.2) is 0 Å². The molecule has 0 saturated heterocycles. The Morgan fingerprint density at radius 2 is 1.12 bits per heavy atom. The Morgan fingerprint density at radius 1 is 0.509 bits per heavy atom. The Kier molecular flexibility index (Phi) is 7.57. The van der Waals surface area contributed by atoms with Crippen molar-refractivity contribution in [3.8, 4) is 33.4 Å². The Hall–Kier alpha value is -5.40. The van der Waals surface area contributed by atoms with Gasteiger partial charge in [0.25, 0.3) is 0 Å². The summed E-state index contributed by atoms with van der Waals surface area (Å²) in [7, 11) is 0. The largest absolute Gasteiger partial charge is 0.310 e. The van der Waals surface area contributed by atoms with Crippen LogP contribution >= 0.6 is 0 Å². The molecule has 7 aromatic rings. The maximum Gasteiger partial charge on any atom is 0.0468 e. The van der Waals surface area contributed by atoms with E-state index in [-0.39, 0.29) is 10.8 Å². The molecule has 5 aliphatic rings. The second-order valence-corrected chi connectivity index (χ2v) is 18.2. The normalized spacial score (nSPS) is 23.4. The fourth-order valence-corrected chi connectivity index (χ4v) is 13.5. The topological polar surface area (TPSA) is 3.24 Å². The van der Waals surface area contributed by atoms with Crippen molar-refractivity contribution in [3.05, 3.63) is 174 Å². The second-order valence-electron chi connectivity index (χ2n) is 18.2. The summed E-state index contributed by atoms with van der Waals surface area (Å²) < 4.78 is 0. The van der Waals surface area contributed by atoms with Gasteiger partial charge in [-0.2, -0.15) is 0 Å². The summed E-state index contributed by atoms with van der Waals surface area (Å²) in [6.45, 7) is 2.47. The van der Waals surface area contributed by atoms with Crippen LogP contribution in [0.25, 0.3) is 44.2 Å². The molecule has 2 bridgehead atoms. The van der Waals surface area contributed by atoms with E-state index in [0.717, 1.165) is 11.8 Å². The molecule has 1 nitrogen and oxygen atoms in total. The zero-order valence-electron chi connectivity index (χ0n) is 33.2. The summed E-state index contributed by atoms with van der Waals surface area (Å²) in [5.41, 5.74) is 18.5. The van der Waals surface area contributed by atoms with Crippen LogP contribution in [0, 0.1) is 17.8 Å². The summed E-state index contributed by atoms with van der Waals surface area (Å²) in [5, 5.41) is 2.57. The summed E-state index contributed by atoms with van der Waals surface area (Å²) >= 11 is 0. The molecule has 0 radical (unpaired) electrons. The van der Waals surface area contributed by atoms with E-state index in [1.807, 2.05) is 0 Å². The van der Waals surface area contributed by atoms with E-state index in [0.29, 0.717) is 5.92 Å². The number of anilines is 3. The molecule has 4 atom stereocenters. The average molecular weight is 738 g/mol. The lowest BCUT2D eigenvalue weighted by atomic mass is 9.50. The van der Waals surface area contributed by atoms with Crippen molar-refractivity contribution in [2.45, 2.75) is 82.0 Å². The van der Waals surface area contributed by atoms with E-state index in [1.54, 1.807) is 16.7 Å². The first-order valence-electron chi connectivity index (χ1n) is 22.0. The second kappa shape index (κ2) is 12.8. The molecular weight excluding hydrogens is 687 g/mol. The number of hydrogen-bond acceptors (Lipinski definition) is 1. The first kappa shape index (κ1) is 33.7. The molecular formula is C56H51N. The smallest absolute Gasteiger partial charge is 0.0468 e. The first-order valence-corrected chi connectivity index (χ1v) is 22.0. The van der Waals surface area contributed by atoms with Gasteiger partial charge in [0.05, 0.1) is 0 Å². The minimum absolute atomic E-state index is 0.113. The maximum atomic E-state index is 2.58. The molecule has 0 amide bonds. The predicted octanol–water partition coefficient (Wildman–Crippen LogP) is 15.3. The van der Waals surface area contributed by atoms with E-state index >= 15 is 0 Å². The van der Waals surface area contributed by atoms with Gasteiger partial charge >= 0.3 is 0 Å². The zero-order chi connectivity index (χ0) is 37.7. The van der Waals surface area contributed by atoms with Gasteiger partial charge in [-0.25, -0.2) is 0 Å². The molecule has 0 heterocycles. The number of fused-ring (bicyclic) bond motifs is 14. The van der Waals surface area contributed by atoms with E-state index in [1.165, 1.54) is 131 Å². The van der Waals surface area contributed by atoms with Crippen LogP contribution in [0.2, 0.25) is 0 Å². The van der Waals surface area contributed by atoms with Crippen molar-refractivity contribution in [2.75, 3.05) is 4.90 Å². The number of nitrogens with zero attached hydrogens (tertiary/aromatic N) is 1. The lowest BCUT2D eigenvalue weighted by Gasteiger charge is -2.54. The Balaban J connectivity index is 1.07. The van der Waals surface area contributed by atoms with E-state index in [9.17, 15) is 0 Å². The summed E-state index contributed by atoms with van der Waals surface area (Å²) in [4.78, 5) is 2.57. The van der Waals surface area contributed by atoms with E-state index in [4.69, 9.17) is 0 Å². The van der Waals surface area contributed by atoms with Crippen molar-refractivity contribution in [1.82, 2.24) is 0 Å². The number of benzene rings is 7. The van der Waals surface area contributed by atoms with Gasteiger partial charge in [-0.3, -0.25) is 0 Å². The van der Waals surface area contributed by atoms with Gasteiger partial charge in [-0.1, -0.05) is 154 Å². The standard InChI is InChI=1S/C56H51N/c1-2-40-32-37-14-11-18-41(33-37)56(40)53-25-8-6-22-48(53)50-36-44(27-29-54(50)56)57(42-19-12-17-39(34-42)46-23-13-16-38-15-3-4-20-45(38)46)43-26-28-52-49(35-43)47-21-5-7-24-51(47)55(52)30-9-10-31-55/h3-8,12-13,15-17,19-29,34-37,40-41H,2,9-11,14,18,30-33H2,1H3. The minimum atomic E-state index is 0.113. The lowest BCUT2D eigenvalue weighted by Crippen LogP contribution is -2.48. The van der Waals surface area contributed by atoms with E-state index in [2.05, 4.69) is 163 Å². The Labute approximate surface area is 338 Å². The van der Waals surface area contributed by atoms with E-state index < -0.39 is 0 Å². The molecule has 0 N–H and O–H groups in total. The van der Waals surface area contributed by atoms with Crippen molar-refractivity contribution in [2.24, 2.45) is 17.8 Å². The van der Waals surface area contributed by atoms with Gasteiger partial charge in [-0.05, 0) is 153 Å². The molecule has 57 heavy (non-hydrogen) atoms. The van der Waals surface area contributed by atoms with Gasteiger partial charge in [0.1, 0.15) is 0 Å². The molecule has 2 spiro atoms. The predicted molar refractivity (Wildman–Crippen MR) is 239 cm³/mol. The van der Waals surface area contributed by atoms with Crippen LogP contribution < -0.4 is 4.90 Å². The molecule has 7 aromatic carbocycles. The molecule has 3 fully saturated rings. The fourth-order valence-electron chi connectivity index (χ4n) is 13.5. The average Bonchev–Trinajstić information content (AvgIpc) is 3.95. The molecule has 5 aliphatic carbocycles. The number of rotatable bonds is 5. The molecule has 3 saturated carbocycles. The molecule has 1 heteroatoms. The Bertz CT molecular complexity index is 2700. The third kappa shape index (κ3) is 4.75. The summed E-state index contributed by atoms with van der Waals surface area (Å²) in [6, 6.07) is 58.8. The SMILES string of the molecule is CCC1CC2CCCC(C2)C12c1ccccc1-c1cc(N(c3cccc(-c4cccc5ccccc45)c3)c3ccc4c(c3)-c3ccccc3C43CCCC3)ccc12. The highest BCUT2D eigenvalue weighted by Crippen LogP contribution is 2.65. The molecule has 0 aromatic heterocycles. The van der Waals surface area contributed by atoms with Crippen LogP contribution in [-0.2, 0) is 10.8 Å². The number of hydrogen-bond donors (Lipinski definition) is 0. The van der Waals surface area contributed by atoms with Crippen molar-refractivity contribution in [3.63, 3.8) is 0 Å². The highest BCUT2D eigenvalue weighted by Gasteiger charge is 2.56. The third-order valence-electron chi connectivity index (χ3n) is 15.7. The van der Waals surface area contributed by atoms with Crippen molar-refractivity contribution in [1.29, 1.82) is 0 Å². The van der Waals surface area contributed by atoms with Crippen molar-refractivity contribution < 1.29 is 0 Å². The van der Waals surface area contributed by atoms with Crippen LogP contribution in [0.5, 0.6) is 0 Å². The summed E-state index contributed by atoms with van der Waals surface area (Å²) in [5.74, 6) is 2.30. The van der Waals surface area contributed by atoms with Gasteiger partial charge in [0.2, 0.25) is 0 Å². The van der Waals surface area contributed by atoms with Crippen LogP contribution in [0.3, 0.4) is 0 Å². The van der Waals surface area contributed by atoms with Crippen LogP contribution in [0.15, 0.2) is 152 Å². The first-order chi connectivity index (χ1) is 28.2. The molecule has 0 aliphatic heterocycles. The van der Waals surface area contributed by atoms with Crippen molar-refractivity contribution >= 4 is 27.8 Å². The van der Waals surface area contributed by atoms with Crippen LogP contribution in [0.1, 0.15) is 93.4 Å². The van der Waals surface area contributed by atoms with Gasteiger partial charge in [-0.15, -0.1) is 0 Å². The van der Waals surface area contributed by atoms with Crippen LogP contribution in [0.4, 0.5) is 17.1 Å². The zero-order valence-corrected chi connectivity index (χ0v) is 33.2. The van der Waals surface area contributed by atoms with Crippen LogP contribution in [-0.4, -0.2) is 0 Å². The molecule has 4 unspecified atom stereocenters. The van der Waals surface area contributed by atoms with Gasteiger partial charge < -0.3 is 4.90 Å². The highest BCUT2D eigenvalue weighted by molar-refractivity contribution is 5.98. The molecule has 12 rings (SSSR count). The Morgan fingerprint density at radius 3 is 1.95 bits per heavy atom. The summed E-state index contributed by atoms with van der Waals surface area (Å²) in [6.07, 6.45) is 13.3. The maximum absolute atomic E-state index is 2.58.